The molecule has 34 heavy (non-hydrogen) atoms. The summed E-state index contributed by atoms with van der Waals surface area (Å²) < 4.78 is 16.0. The fraction of sp³-hybridized carbons (Fsp3) is 0.385. The molecule has 1 heterocycles. The fourth-order valence-electron chi connectivity index (χ4n) is 4.17. The van der Waals surface area contributed by atoms with Crippen LogP contribution < -0.4 is 14.2 Å². The summed E-state index contributed by atoms with van der Waals surface area (Å²) in [5, 5.41) is 11.2. The Morgan fingerprint density at radius 1 is 0.941 bits per heavy atom. The number of likely N-dealkylation sites (N-methyl/N-ethyl adjacent to an activating group) is 1. The van der Waals surface area contributed by atoms with Crippen molar-refractivity contribution in [1.82, 2.24) is 9.80 Å². The highest BCUT2D eigenvalue weighted by atomic mass is 16.5. The summed E-state index contributed by atoms with van der Waals surface area (Å²) in [5.41, 5.74) is 1.11. The molecule has 3 rings (SSSR count). The molecule has 0 radical (unpaired) electrons. The van der Waals surface area contributed by atoms with Crippen LogP contribution in [0.15, 0.2) is 48.0 Å². The number of amides is 1. The Balaban J connectivity index is 2.13. The number of hydrogen-bond donors (Lipinski definition) is 1. The van der Waals surface area contributed by atoms with Crippen molar-refractivity contribution < 1.29 is 28.9 Å². The molecule has 1 unspecified atom stereocenters. The number of aliphatic hydroxyl groups excluding tert-OH is 1. The molecule has 8 heteroatoms. The van der Waals surface area contributed by atoms with Gasteiger partial charge in [-0.05, 0) is 55.1 Å². The molecule has 1 aliphatic heterocycles. The van der Waals surface area contributed by atoms with Crippen LogP contribution in [0.3, 0.4) is 0 Å². The van der Waals surface area contributed by atoms with Gasteiger partial charge in [-0.25, -0.2) is 0 Å². The summed E-state index contributed by atoms with van der Waals surface area (Å²) >= 11 is 0. The van der Waals surface area contributed by atoms with Gasteiger partial charge in [-0.2, -0.15) is 0 Å². The number of carbonyl (C=O) groups excluding carboxylic acids is 2. The predicted octanol–water partition coefficient (Wildman–Crippen LogP) is 3.48. The van der Waals surface area contributed by atoms with Crippen molar-refractivity contribution in [2.75, 3.05) is 47.5 Å². The van der Waals surface area contributed by atoms with Gasteiger partial charge in [0.15, 0.2) is 11.5 Å². The number of rotatable bonds is 10. The summed E-state index contributed by atoms with van der Waals surface area (Å²) in [7, 11) is 4.61. The zero-order valence-electron chi connectivity index (χ0n) is 20.3. The van der Waals surface area contributed by atoms with Crippen LogP contribution in [0.25, 0.3) is 5.76 Å². The van der Waals surface area contributed by atoms with Gasteiger partial charge in [-0.15, -0.1) is 0 Å². The van der Waals surface area contributed by atoms with Gasteiger partial charge in [0.1, 0.15) is 11.5 Å². The first-order valence-electron chi connectivity index (χ1n) is 11.3. The maximum atomic E-state index is 13.2. The largest absolute Gasteiger partial charge is 0.507 e. The molecule has 8 nitrogen and oxygen atoms in total. The molecule has 1 amide bonds. The Morgan fingerprint density at radius 2 is 1.59 bits per heavy atom. The SMILES string of the molecule is CCN(CC)CCN1C(=O)C(=O)/C(=C(\O)c2ccc(OC)cc2)C1c1ccc(OC)c(OC)c1. The molecular formula is C26H32N2O6. The molecule has 2 aromatic rings. The molecule has 0 saturated carbocycles. The Labute approximate surface area is 200 Å². The summed E-state index contributed by atoms with van der Waals surface area (Å²) in [6.45, 7) is 6.69. The van der Waals surface area contributed by atoms with Crippen molar-refractivity contribution in [3.05, 3.63) is 59.2 Å². The van der Waals surface area contributed by atoms with E-state index in [1.165, 1.54) is 19.1 Å². The van der Waals surface area contributed by atoms with Crippen LogP contribution >= 0.6 is 0 Å². The molecule has 1 atom stereocenters. The second-order valence-corrected chi connectivity index (χ2v) is 7.86. The van der Waals surface area contributed by atoms with Gasteiger partial charge in [0.2, 0.25) is 0 Å². The second kappa shape index (κ2) is 11.1. The summed E-state index contributed by atoms with van der Waals surface area (Å²) in [6, 6.07) is 11.2. The van der Waals surface area contributed by atoms with E-state index in [1.54, 1.807) is 49.6 Å². The molecule has 2 aromatic carbocycles. The topological polar surface area (TPSA) is 88.5 Å². The summed E-state index contributed by atoms with van der Waals surface area (Å²) in [5.74, 6) is 0.0359. The molecule has 0 bridgehead atoms. The predicted molar refractivity (Wildman–Crippen MR) is 129 cm³/mol. The summed E-state index contributed by atoms with van der Waals surface area (Å²) in [6.07, 6.45) is 0. The molecule has 1 aliphatic rings. The normalized spacial score (nSPS) is 17.4. The van der Waals surface area contributed by atoms with Crippen LogP contribution in [0.5, 0.6) is 17.2 Å². The molecule has 0 aromatic heterocycles. The third-order valence-corrected chi connectivity index (χ3v) is 6.18. The number of ketones is 1. The second-order valence-electron chi connectivity index (χ2n) is 7.86. The number of ether oxygens (including phenoxy) is 3. The number of benzene rings is 2. The number of methoxy groups -OCH3 is 3. The first kappa shape index (κ1) is 25.1. The first-order chi connectivity index (χ1) is 16.4. The average molecular weight is 469 g/mol. The van der Waals surface area contributed by atoms with Crippen molar-refractivity contribution in [1.29, 1.82) is 0 Å². The maximum absolute atomic E-state index is 13.2. The van der Waals surface area contributed by atoms with Gasteiger partial charge in [0.25, 0.3) is 11.7 Å². The lowest BCUT2D eigenvalue weighted by molar-refractivity contribution is -0.140. The number of likely N-dealkylation sites (tertiary alicyclic amines) is 1. The molecule has 1 N–H and O–H groups in total. The smallest absolute Gasteiger partial charge is 0.295 e. The lowest BCUT2D eigenvalue weighted by Crippen LogP contribution is -2.38. The molecular weight excluding hydrogens is 436 g/mol. The van der Waals surface area contributed by atoms with Gasteiger partial charge in [0.05, 0.1) is 32.9 Å². The highest BCUT2D eigenvalue weighted by Crippen LogP contribution is 2.42. The van der Waals surface area contributed by atoms with Gasteiger partial charge in [0, 0.05) is 18.7 Å². The van der Waals surface area contributed by atoms with E-state index in [4.69, 9.17) is 14.2 Å². The van der Waals surface area contributed by atoms with Gasteiger partial charge in [-0.3, -0.25) is 9.59 Å². The van der Waals surface area contributed by atoms with E-state index in [0.717, 1.165) is 13.1 Å². The van der Waals surface area contributed by atoms with E-state index in [0.29, 0.717) is 41.5 Å². The number of nitrogens with zero attached hydrogens (tertiary/aromatic N) is 2. The minimum Gasteiger partial charge on any atom is -0.507 e. The molecule has 0 aliphatic carbocycles. The van der Waals surface area contributed by atoms with Crippen LogP contribution in [0.2, 0.25) is 0 Å². The Hall–Kier alpha value is -3.52. The van der Waals surface area contributed by atoms with Crippen LogP contribution in [-0.2, 0) is 9.59 Å². The van der Waals surface area contributed by atoms with Crippen LogP contribution in [0.1, 0.15) is 31.0 Å². The third-order valence-electron chi connectivity index (χ3n) is 6.18. The van der Waals surface area contributed by atoms with Crippen molar-refractivity contribution in [3.63, 3.8) is 0 Å². The van der Waals surface area contributed by atoms with Crippen molar-refractivity contribution in [2.45, 2.75) is 19.9 Å². The molecule has 0 spiro atoms. The first-order valence-corrected chi connectivity index (χ1v) is 11.3. The van der Waals surface area contributed by atoms with E-state index >= 15 is 0 Å². The van der Waals surface area contributed by atoms with Crippen LogP contribution in [-0.4, -0.2) is 74.1 Å². The van der Waals surface area contributed by atoms with Gasteiger partial charge >= 0.3 is 0 Å². The van der Waals surface area contributed by atoms with E-state index < -0.39 is 17.7 Å². The van der Waals surface area contributed by atoms with E-state index in [2.05, 4.69) is 4.90 Å². The molecule has 182 valence electrons. The Kier molecular flexibility index (Phi) is 8.17. The highest BCUT2D eigenvalue weighted by molar-refractivity contribution is 6.46. The Morgan fingerprint density at radius 3 is 2.15 bits per heavy atom. The van der Waals surface area contributed by atoms with Crippen LogP contribution in [0.4, 0.5) is 0 Å². The van der Waals surface area contributed by atoms with Crippen molar-refractivity contribution in [3.8, 4) is 17.2 Å². The van der Waals surface area contributed by atoms with E-state index in [9.17, 15) is 14.7 Å². The number of Topliss-reactive ketones (excluding diaryl/α,β-unsaturated/α-hetero) is 1. The van der Waals surface area contributed by atoms with Gasteiger partial charge < -0.3 is 29.1 Å². The zero-order valence-corrected chi connectivity index (χ0v) is 20.3. The maximum Gasteiger partial charge on any atom is 0.295 e. The minimum absolute atomic E-state index is 0.0435. The molecule has 1 fully saturated rings. The Bertz CT molecular complexity index is 1060. The number of aliphatic hydroxyl groups is 1. The number of carbonyl (C=O) groups is 2. The standard InChI is InChI=1S/C26H32N2O6/c1-6-27(7-2)14-15-28-23(18-10-13-20(33-4)21(16-18)34-5)22(25(30)26(28)31)24(29)17-8-11-19(32-3)12-9-17/h8-13,16,23,29H,6-7,14-15H2,1-5H3/b24-22-. The number of hydrogen-bond acceptors (Lipinski definition) is 7. The van der Waals surface area contributed by atoms with Crippen molar-refractivity contribution in [2.24, 2.45) is 0 Å². The van der Waals surface area contributed by atoms with Gasteiger partial charge in [-0.1, -0.05) is 19.9 Å². The monoisotopic (exact) mass is 468 g/mol. The quantitative estimate of drug-likeness (QED) is 0.324. The third kappa shape index (κ3) is 4.87. The average Bonchev–Trinajstić information content (AvgIpc) is 3.13. The lowest BCUT2D eigenvalue weighted by Gasteiger charge is -2.28. The summed E-state index contributed by atoms with van der Waals surface area (Å²) in [4.78, 5) is 30.0. The lowest BCUT2D eigenvalue weighted by atomic mass is 9.95. The van der Waals surface area contributed by atoms with Crippen molar-refractivity contribution >= 4 is 17.4 Å². The van der Waals surface area contributed by atoms with E-state index in [-0.39, 0.29) is 11.3 Å². The fourth-order valence-corrected chi connectivity index (χ4v) is 4.17. The zero-order chi connectivity index (χ0) is 24.8. The van der Waals surface area contributed by atoms with Crippen LogP contribution in [0, 0.1) is 0 Å². The molecule has 1 saturated heterocycles. The van der Waals surface area contributed by atoms with E-state index in [1.807, 2.05) is 13.8 Å². The minimum atomic E-state index is -0.766. The highest BCUT2D eigenvalue weighted by Gasteiger charge is 2.46.